The minimum atomic E-state index is -0.455. The average molecular weight is 451 g/mol. The summed E-state index contributed by atoms with van der Waals surface area (Å²) in [7, 11) is 0. The second-order valence-electron chi connectivity index (χ2n) is 8.14. The summed E-state index contributed by atoms with van der Waals surface area (Å²) in [6.07, 6.45) is 3.17. The van der Waals surface area contributed by atoms with Gasteiger partial charge in [-0.2, -0.15) is 0 Å². The Labute approximate surface area is 193 Å². The van der Waals surface area contributed by atoms with E-state index < -0.39 is 5.54 Å². The lowest BCUT2D eigenvalue weighted by Crippen LogP contribution is -2.64. The number of halogens is 1. The standard InChI is InChI=1S/C25H27ClN4O2/c1-3-25(4-2)17-29(23(31)19-11-8-12-20(26)15-19)13-14-30(25)24(32)22-27-16-21(28-22)18-9-6-5-7-10-18/h5-12,15-16H,3-4,13-14,17H2,1-2H3,(H,27,28). The Balaban J connectivity index is 1.57. The summed E-state index contributed by atoms with van der Waals surface area (Å²) in [5.41, 5.74) is 1.90. The van der Waals surface area contributed by atoms with Crippen molar-refractivity contribution in [2.75, 3.05) is 19.6 Å². The molecule has 1 N–H and O–H groups in total. The highest BCUT2D eigenvalue weighted by atomic mass is 35.5. The molecule has 1 aliphatic heterocycles. The SMILES string of the molecule is CCC1(CC)CN(C(=O)c2cccc(Cl)c2)CCN1C(=O)c1ncc(-c2ccccc2)[nH]1. The summed E-state index contributed by atoms with van der Waals surface area (Å²) in [6.45, 7) is 5.52. The first-order chi connectivity index (χ1) is 15.5. The molecular formula is C25H27ClN4O2. The number of benzene rings is 2. The zero-order chi connectivity index (χ0) is 22.7. The maximum Gasteiger partial charge on any atom is 0.290 e. The lowest BCUT2D eigenvalue weighted by atomic mass is 9.87. The molecule has 0 spiro atoms. The van der Waals surface area contributed by atoms with Crippen molar-refractivity contribution in [3.05, 3.63) is 77.2 Å². The number of nitrogens with one attached hydrogen (secondary N) is 1. The van der Waals surface area contributed by atoms with Crippen LogP contribution >= 0.6 is 11.6 Å². The quantitative estimate of drug-likeness (QED) is 0.601. The van der Waals surface area contributed by atoms with Crippen molar-refractivity contribution in [2.24, 2.45) is 0 Å². The molecule has 32 heavy (non-hydrogen) atoms. The van der Waals surface area contributed by atoms with Crippen molar-refractivity contribution in [3.63, 3.8) is 0 Å². The summed E-state index contributed by atoms with van der Waals surface area (Å²) >= 11 is 6.08. The van der Waals surface area contributed by atoms with Gasteiger partial charge in [-0.1, -0.05) is 61.8 Å². The third-order valence-corrected chi connectivity index (χ3v) is 6.67. The fraction of sp³-hybridized carbons (Fsp3) is 0.320. The molecule has 2 amide bonds. The summed E-state index contributed by atoms with van der Waals surface area (Å²) in [6, 6.07) is 16.8. The van der Waals surface area contributed by atoms with Crippen LogP contribution < -0.4 is 0 Å². The Morgan fingerprint density at radius 1 is 1.03 bits per heavy atom. The minimum Gasteiger partial charge on any atom is -0.335 e. The predicted molar refractivity (Wildman–Crippen MR) is 126 cm³/mol. The highest BCUT2D eigenvalue weighted by Crippen LogP contribution is 2.31. The minimum absolute atomic E-state index is 0.0600. The topological polar surface area (TPSA) is 69.3 Å². The molecule has 1 saturated heterocycles. The van der Waals surface area contributed by atoms with Gasteiger partial charge in [-0.25, -0.2) is 4.98 Å². The van der Waals surface area contributed by atoms with Gasteiger partial charge in [0.2, 0.25) is 0 Å². The molecule has 1 aliphatic rings. The maximum absolute atomic E-state index is 13.5. The molecule has 166 valence electrons. The van der Waals surface area contributed by atoms with Crippen LogP contribution in [0.25, 0.3) is 11.3 Å². The first kappa shape index (κ1) is 22.1. The van der Waals surface area contributed by atoms with Gasteiger partial charge in [-0.15, -0.1) is 0 Å². The highest BCUT2D eigenvalue weighted by molar-refractivity contribution is 6.30. The van der Waals surface area contributed by atoms with Gasteiger partial charge in [0.25, 0.3) is 11.8 Å². The van der Waals surface area contributed by atoms with E-state index in [-0.39, 0.29) is 11.8 Å². The van der Waals surface area contributed by atoms with E-state index in [1.54, 1.807) is 30.5 Å². The molecule has 7 heteroatoms. The van der Waals surface area contributed by atoms with Crippen LogP contribution in [0.15, 0.2) is 60.8 Å². The van der Waals surface area contributed by atoms with Crippen molar-refractivity contribution in [1.82, 2.24) is 19.8 Å². The largest absolute Gasteiger partial charge is 0.335 e. The Hall–Kier alpha value is -3.12. The molecule has 2 aromatic carbocycles. The van der Waals surface area contributed by atoms with Crippen LogP contribution in [0, 0.1) is 0 Å². The molecule has 1 fully saturated rings. The van der Waals surface area contributed by atoms with E-state index in [1.165, 1.54) is 0 Å². The van der Waals surface area contributed by atoms with Crippen molar-refractivity contribution >= 4 is 23.4 Å². The molecule has 0 saturated carbocycles. The third kappa shape index (κ3) is 4.15. The van der Waals surface area contributed by atoms with Gasteiger partial charge in [0.15, 0.2) is 5.82 Å². The number of nitrogens with zero attached hydrogens (tertiary/aromatic N) is 3. The second kappa shape index (κ2) is 9.17. The van der Waals surface area contributed by atoms with E-state index in [9.17, 15) is 9.59 Å². The lowest BCUT2D eigenvalue weighted by Gasteiger charge is -2.50. The Morgan fingerprint density at radius 2 is 1.78 bits per heavy atom. The number of aromatic nitrogens is 2. The first-order valence-electron chi connectivity index (χ1n) is 10.9. The molecule has 0 radical (unpaired) electrons. The number of carbonyl (C=O) groups excluding carboxylic acids is 2. The zero-order valence-electron chi connectivity index (χ0n) is 18.3. The summed E-state index contributed by atoms with van der Waals surface area (Å²) in [4.78, 5) is 37.9. The Morgan fingerprint density at radius 3 is 2.47 bits per heavy atom. The zero-order valence-corrected chi connectivity index (χ0v) is 19.1. The molecule has 4 rings (SSSR count). The fourth-order valence-electron chi connectivity index (χ4n) is 4.45. The summed E-state index contributed by atoms with van der Waals surface area (Å²) in [5.74, 6) is 0.130. The summed E-state index contributed by atoms with van der Waals surface area (Å²) in [5, 5.41) is 0.536. The van der Waals surface area contributed by atoms with E-state index in [0.717, 1.165) is 24.1 Å². The number of carbonyl (C=O) groups is 2. The smallest absolute Gasteiger partial charge is 0.290 e. The van der Waals surface area contributed by atoms with Crippen molar-refractivity contribution in [2.45, 2.75) is 32.2 Å². The van der Waals surface area contributed by atoms with Gasteiger partial charge >= 0.3 is 0 Å². The van der Waals surface area contributed by atoms with Crippen molar-refractivity contribution in [1.29, 1.82) is 0 Å². The third-order valence-electron chi connectivity index (χ3n) is 6.43. The molecule has 0 unspecified atom stereocenters. The number of rotatable bonds is 5. The van der Waals surface area contributed by atoms with Gasteiger partial charge in [-0.3, -0.25) is 9.59 Å². The number of hydrogen-bond donors (Lipinski definition) is 1. The molecule has 6 nitrogen and oxygen atoms in total. The first-order valence-corrected chi connectivity index (χ1v) is 11.3. The van der Waals surface area contributed by atoms with Crippen LogP contribution in [0.2, 0.25) is 5.02 Å². The number of aromatic amines is 1. The van der Waals surface area contributed by atoms with E-state index >= 15 is 0 Å². The Bertz CT molecular complexity index is 1110. The van der Waals surface area contributed by atoms with E-state index in [0.29, 0.717) is 36.0 Å². The molecule has 1 aromatic heterocycles. The highest BCUT2D eigenvalue weighted by Gasteiger charge is 2.43. The number of imidazole rings is 1. The van der Waals surface area contributed by atoms with Crippen LogP contribution in [0.4, 0.5) is 0 Å². The lowest BCUT2D eigenvalue weighted by molar-refractivity contribution is 0.000102. The Kier molecular flexibility index (Phi) is 6.33. The van der Waals surface area contributed by atoms with Crippen molar-refractivity contribution in [3.8, 4) is 11.3 Å². The fourth-order valence-corrected chi connectivity index (χ4v) is 4.64. The van der Waals surface area contributed by atoms with Crippen LogP contribution in [-0.4, -0.2) is 56.8 Å². The molecule has 3 aromatic rings. The van der Waals surface area contributed by atoms with Gasteiger partial charge in [0.05, 0.1) is 17.4 Å². The van der Waals surface area contributed by atoms with Gasteiger partial charge < -0.3 is 14.8 Å². The predicted octanol–water partition coefficient (Wildman–Crippen LogP) is 4.89. The molecule has 0 bridgehead atoms. The second-order valence-corrected chi connectivity index (χ2v) is 8.57. The van der Waals surface area contributed by atoms with Gasteiger partial charge in [0.1, 0.15) is 0 Å². The maximum atomic E-state index is 13.5. The van der Waals surface area contributed by atoms with Crippen LogP contribution in [-0.2, 0) is 0 Å². The average Bonchev–Trinajstić information content (AvgIpc) is 3.33. The number of amides is 2. The molecular weight excluding hydrogens is 424 g/mol. The van der Waals surface area contributed by atoms with Crippen molar-refractivity contribution < 1.29 is 9.59 Å². The normalized spacial score (nSPS) is 15.6. The van der Waals surface area contributed by atoms with Crippen LogP contribution in [0.1, 0.15) is 47.7 Å². The van der Waals surface area contributed by atoms with E-state index in [2.05, 4.69) is 23.8 Å². The number of hydrogen-bond acceptors (Lipinski definition) is 3. The summed E-state index contributed by atoms with van der Waals surface area (Å²) < 4.78 is 0. The van der Waals surface area contributed by atoms with Gasteiger partial charge in [-0.05, 0) is 36.6 Å². The van der Waals surface area contributed by atoms with E-state index in [4.69, 9.17) is 11.6 Å². The van der Waals surface area contributed by atoms with Crippen LogP contribution in [0.3, 0.4) is 0 Å². The van der Waals surface area contributed by atoms with E-state index in [1.807, 2.05) is 40.1 Å². The molecule has 0 atom stereocenters. The van der Waals surface area contributed by atoms with Gasteiger partial charge in [0, 0.05) is 30.2 Å². The molecule has 0 aliphatic carbocycles. The monoisotopic (exact) mass is 450 g/mol. The number of piperazine rings is 1. The molecule has 2 heterocycles. The number of H-pyrrole nitrogens is 1. The van der Waals surface area contributed by atoms with Crippen LogP contribution in [0.5, 0.6) is 0 Å².